The Morgan fingerprint density at radius 2 is 1.91 bits per heavy atom. The molecule has 2 aromatic carbocycles. The van der Waals surface area contributed by atoms with E-state index in [1.54, 1.807) is 36.4 Å². The highest BCUT2D eigenvalue weighted by Gasteiger charge is 2.16. The van der Waals surface area contributed by atoms with Gasteiger partial charge in [-0.15, -0.1) is 0 Å². The van der Waals surface area contributed by atoms with Gasteiger partial charge in [-0.1, -0.05) is 17.7 Å². The minimum absolute atomic E-state index is 0.0321. The number of halogens is 2. The lowest BCUT2D eigenvalue weighted by molar-refractivity contribution is 0.154. The van der Waals surface area contributed by atoms with Crippen molar-refractivity contribution in [1.29, 1.82) is 0 Å². The van der Waals surface area contributed by atoms with E-state index in [2.05, 4.69) is 22.2 Å². The lowest BCUT2D eigenvalue weighted by Gasteiger charge is -2.32. The molecule has 0 saturated carbocycles. The Hall–Kier alpha value is -2.87. The van der Waals surface area contributed by atoms with Gasteiger partial charge in [-0.3, -0.25) is 0 Å². The highest BCUT2D eigenvalue weighted by molar-refractivity contribution is 6.33. The monoisotopic (exact) mass is 484 g/mol. The molecular weight excluding hydrogens is 455 g/mol. The SMILES string of the molecule is COc1ccc(-c2cc(-c3c(F)cccc3Cl)cc(NCCCN3CCN(C)CC3)n2)c(O)c1. The highest BCUT2D eigenvalue weighted by atomic mass is 35.5. The number of hydrogen-bond donors (Lipinski definition) is 2. The maximum Gasteiger partial charge on any atom is 0.132 e. The molecule has 6 nitrogen and oxygen atoms in total. The van der Waals surface area contributed by atoms with E-state index in [1.807, 2.05) is 0 Å². The van der Waals surface area contributed by atoms with E-state index in [1.165, 1.54) is 19.2 Å². The summed E-state index contributed by atoms with van der Waals surface area (Å²) in [6, 6.07) is 13.2. The number of nitrogens with one attached hydrogen (secondary N) is 1. The number of phenolic OH excluding ortho intramolecular Hbond substituents is 1. The van der Waals surface area contributed by atoms with Crippen molar-refractivity contribution in [3.8, 4) is 33.9 Å². The first kappa shape index (κ1) is 24.3. The average Bonchev–Trinajstić information content (AvgIpc) is 2.82. The summed E-state index contributed by atoms with van der Waals surface area (Å²) in [5.41, 5.74) is 1.93. The molecule has 0 radical (unpaired) electrons. The number of aromatic hydroxyl groups is 1. The maximum absolute atomic E-state index is 14.7. The fourth-order valence-electron chi connectivity index (χ4n) is 4.12. The van der Waals surface area contributed by atoms with Crippen LogP contribution in [0.3, 0.4) is 0 Å². The maximum atomic E-state index is 14.7. The summed E-state index contributed by atoms with van der Waals surface area (Å²) in [7, 11) is 3.69. The van der Waals surface area contributed by atoms with Gasteiger partial charge in [0, 0.05) is 49.9 Å². The van der Waals surface area contributed by atoms with Crippen molar-refractivity contribution in [1.82, 2.24) is 14.8 Å². The predicted molar refractivity (Wildman–Crippen MR) is 135 cm³/mol. The van der Waals surface area contributed by atoms with Gasteiger partial charge in [0.2, 0.25) is 0 Å². The lowest BCUT2D eigenvalue weighted by Crippen LogP contribution is -2.44. The third kappa shape index (κ3) is 5.78. The van der Waals surface area contributed by atoms with Crippen LogP contribution < -0.4 is 10.1 Å². The number of benzene rings is 2. The van der Waals surface area contributed by atoms with Crippen LogP contribution in [-0.4, -0.2) is 73.3 Å². The van der Waals surface area contributed by atoms with Gasteiger partial charge in [-0.25, -0.2) is 9.37 Å². The number of phenols is 1. The van der Waals surface area contributed by atoms with Crippen molar-refractivity contribution in [3.05, 3.63) is 59.4 Å². The lowest BCUT2D eigenvalue weighted by atomic mass is 10.0. The van der Waals surface area contributed by atoms with Gasteiger partial charge in [0.05, 0.1) is 17.8 Å². The van der Waals surface area contributed by atoms with Crippen LogP contribution in [0.15, 0.2) is 48.5 Å². The number of rotatable bonds is 8. The van der Waals surface area contributed by atoms with Crippen LogP contribution in [0.5, 0.6) is 11.5 Å². The van der Waals surface area contributed by atoms with Crippen LogP contribution in [0.25, 0.3) is 22.4 Å². The van der Waals surface area contributed by atoms with E-state index in [4.69, 9.17) is 21.3 Å². The number of hydrogen-bond acceptors (Lipinski definition) is 6. The molecule has 4 rings (SSSR count). The van der Waals surface area contributed by atoms with Gasteiger partial charge < -0.3 is 25.0 Å². The molecule has 1 saturated heterocycles. The molecule has 180 valence electrons. The third-order valence-corrected chi connectivity index (χ3v) is 6.43. The molecular formula is C26H30ClFN4O2. The van der Waals surface area contributed by atoms with Crippen molar-refractivity contribution < 1.29 is 14.2 Å². The average molecular weight is 485 g/mol. The Balaban J connectivity index is 1.58. The Morgan fingerprint density at radius 1 is 1.12 bits per heavy atom. The molecule has 1 aliphatic heterocycles. The summed E-state index contributed by atoms with van der Waals surface area (Å²) >= 11 is 6.35. The molecule has 1 aromatic heterocycles. The standard InChI is InChI=1S/C26H30ClFN4O2/c1-31-11-13-32(14-12-31)10-4-9-29-25-16-18(26-21(27)5-3-6-22(26)28)15-23(30-25)20-8-7-19(34-2)17-24(20)33/h3,5-8,15-17,33H,4,9-14H2,1-2H3,(H,29,30). The molecule has 2 heterocycles. The third-order valence-electron chi connectivity index (χ3n) is 6.11. The van der Waals surface area contributed by atoms with Crippen LogP contribution in [0.2, 0.25) is 5.02 Å². The number of nitrogens with zero attached hydrogens (tertiary/aromatic N) is 3. The first-order valence-electron chi connectivity index (χ1n) is 11.4. The number of aromatic nitrogens is 1. The second-order valence-electron chi connectivity index (χ2n) is 8.53. The summed E-state index contributed by atoms with van der Waals surface area (Å²) in [6.45, 7) is 6.08. The second kappa shape index (κ2) is 11.0. The zero-order valence-corrected chi connectivity index (χ0v) is 20.3. The molecule has 0 atom stereocenters. The first-order valence-corrected chi connectivity index (χ1v) is 11.8. The van der Waals surface area contributed by atoms with E-state index in [-0.39, 0.29) is 5.75 Å². The van der Waals surface area contributed by atoms with Crippen molar-refractivity contribution in [3.63, 3.8) is 0 Å². The molecule has 1 aliphatic rings. The van der Waals surface area contributed by atoms with Crippen molar-refractivity contribution >= 4 is 17.4 Å². The van der Waals surface area contributed by atoms with Gasteiger partial charge >= 0.3 is 0 Å². The number of methoxy groups -OCH3 is 1. The van der Waals surface area contributed by atoms with Gasteiger partial charge in [-0.05, 0) is 62.0 Å². The van der Waals surface area contributed by atoms with Crippen molar-refractivity contribution in [2.75, 3.05) is 58.7 Å². The van der Waals surface area contributed by atoms with Gasteiger partial charge in [0.15, 0.2) is 0 Å². The quantitative estimate of drug-likeness (QED) is 0.440. The molecule has 0 amide bonds. The highest BCUT2D eigenvalue weighted by Crippen LogP contribution is 2.37. The minimum Gasteiger partial charge on any atom is -0.507 e. The largest absolute Gasteiger partial charge is 0.507 e. The van der Waals surface area contributed by atoms with Crippen LogP contribution in [0.4, 0.5) is 10.2 Å². The molecule has 0 spiro atoms. The molecule has 2 N–H and O–H groups in total. The molecule has 0 bridgehead atoms. The molecule has 0 aliphatic carbocycles. The number of pyridine rings is 1. The van der Waals surface area contributed by atoms with Gasteiger partial charge in [-0.2, -0.15) is 0 Å². The van der Waals surface area contributed by atoms with E-state index in [0.717, 1.165) is 45.7 Å². The number of likely N-dealkylation sites (N-methyl/N-ethyl adjacent to an activating group) is 1. The molecule has 0 unspecified atom stereocenters. The Kier molecular flexibility index (Phi) is 7.88. The van der Waals surface area contributed by atoms with Gasteiger partial charge in [0.1, 0.15) is 23.1 Å². The zero-order chi connectivity index (χ0) is 24.1. The predicted octanol–water partition coefficient (Wildman–Crippen LogP) is 4.97. The Labute approximate surface area is 204 Å². The molecule has 1 fully saturated rings. The molecule has 3 aromatic rings. The van der Waals surface area contributed by atoms with Crippen LogP contribution in [-0.2, 0) is 0 Å². The fraction of sp³-hybridized carbons (Fsp3) is 0.346. The first-order chi connectivity index (χ1) is 16.4. The normalized spacial score (nSPS) is 14.8. The Bertz CT molecular complexity index is 1120. The van der Waals surface area contributed by atoms with Gasteiger partial charge in [0.25, 0.3) is 0 Å². The second-order valence-corrected chi connectivity index (χ2v) is 8.94. The zero-order valence-electron chi connectivity index (χ0n) is 19.5. The summed E-state index contributed by atoms with van der Waals surface area (Å²) in [6.07, 6.45) is 0.958. The minimum atomic E-state index is -0.412. The summed E-state index contributed by atoms with van der Waals surface area (Å²) in [5.74, 6) is 0.756. The van der Waals surface area contributed by atoms with Crippen molar-refractivity contribution in [2.24, 2.45) is 0 Å². The smallest absolute Gasteiger partial charge is 0.132 e. The Morgan fingerprint density at radius 3 is 2.62 bits per heavy atom. The number of anilines is 1. The summed E-state index contributed by atoms with van der Waals surface area (Å²) in [4.78, 5) is 9.51. The number of piperazine rings is 1. The topological polar surface area (TPSA) is 60.9 Å². The molecule has 34 heavy (non-hydrogen) atoms. The van der Waals surface area contributed by atoms with Crippen LogP contribution in [0.1, 0.15) is 6.42 Å². The summed E-state index contributed by atoms with van der Waals surface area (Å²) in [5, 5.41) is 14.3. The van der Waals surface area contributed by atoms with E-state index in [0.29, 0.717) is 39.0 Å². The van der Waals surface area contributed by atoms with Crippen LogP contribution in [0, 0.1) is 5.82 Å². The van der Waals surface area contributed by atoms with E-state index >= 15 is 0 Å². The fourth-order valence-corrected chi connectivity index (χ4v) is 4.39. The van der Waals surface area contributed by atoms with Crippen LogP contribution >= 0.6 is 11.6 Å². The number of ether oxygens (including phenoxy) is 1. The van der Waals surface area contributed by atoms with Crippen molar-refractivity contribution in [2.45, 2.75) is 6.42 Å². The summed E-state index contributed by atoms with van der Waals surface area (Å²) < 4.78 is 19.9. The van der Waals surface area contributed by atoms with E-state index in [9.17, 15) is 9.50 Å². The van der Waals surface area contributed by atoms with E-state index < -0.39 is 5.82 Å². The molecule has 8 heteroatoms.